The fourth-order valence-corrected chi connectivity index (χ4v) is 2.98. The molecule has 0 atom stereocenters. The van der Waals surface area contributed by atoms with Crippen LogP contribution in [-0.4, -0.2) is 27.0 Å². The SMILES string of the molecule is C=C/C(=C\C(=C)C)c1ccc2[nH]cc(C(=O)Nc3ccccc3CC(=O)O)c2n1. The number of aromatic nitrogens is 2. The number of aliphatic carboxylic acids is 1. The number of fused-ring (bicyclic) bond motifs is 1. The zero-order valence-electron chi connectivity index (χ0n) is 16.0. The Kier molecular flexibility index (Phi) is 5.74. The van der Waals surface area contributed by atoms with Gasteiger partial charge in [-0.25, -0.2) is 4.98 Å². The van der Waals surface area contributed by atoms with E-state index in [1.807, 2.05) is 25.1 Å². The maximum absolute atomic E-state index is 12.9. The van der Waals surface area contributed by atoms with Crippen LogP contribution in [0.25, 0.3) is 16.6 Å². The molecule has 2 aromatic heterocycles. The van der Waals surface area contributed by atoms with Crippen LogP contribution in [0.2, 0.25) is 0 Å². The number of allylic oxidation sites excluding steroid dienone is 4. The number of anilines is 1. The van der Waals surface area contributed by atoms with Crippen LogP contribution in [0.15, 0.2) is 73.5 Å². The quantitative estimate of drug-likeness (QED) is 0.517. The van der Waals surface area contributed by atoms with Gasteiger partial charge in [0.15, 0.2) is 0 Å². The molecule has 6 heteroatoms. The first-order valence-electron chi connectivity index (χ1n) is 8.98. The molecule has 1 aromatic carbocycles. The van der Waals surface area contributed by atoms with Gasteiger partial charge >= 0.3 is 5.97 Å². The third kappa shape index (κ3) is 4.50. The Bertz CT molecular complexity index is 1160. The normalized spacial score (nSPS) is 11.3. The number of aromatic amines is 1. The van der Waals surface area contributed by atoms with E-state index in [1.54, 1.807) is 36.5 Å². The van der Waals surface area contributed by atoms with Gasteiger partial charge in [0.1, 0.15) is 5.52 Å². The van der Waals surface area contributed by atoms with Crippen molar-refractivity contribution in [3.63, 3.8) is 0 Å². The van der Waals surface area contributed by atoms with Crippen LogP contribution < -0.4 is 5.32 Å². The number of pyridine rings is 1. The summed E-state index contributed by atoms with van der Waals surface area (Å²) in [5.74, 6) is -1.34. The summed E-state index contributed by atoms with van der Waals surface area (Å²) in [6.45, 7) is 9.58. The van der Waals surface area contributed by atoms with Gasteiger partial charge in [-0.05, 0) is 36.3 Å². The Morgan fingerprint density at radius 1 is 1.24 bits per heavy atom. The van der Waals surface area contributed by atoms with Gasteiger partial charge in [0.2, 0.25) is 0 Å². The predicted octanol–water partition coefficient (Wildman–Crippen LogP) is 4.59. The van der Waals surface area contributed by atoms with Crippen molar-refractivity contribution in [2.24, 2.45) is 0 Å². The highest BCUT2D eigenvalue weighted by molar-refractivity contribution is 6.12. The third-order valence-electron chi connectivity index (χ3n) is 4.29. The van der Waals surface area contributed by atoms with E-state index in [-0.39, 0.29) is 12.3 Å². The van der Waals surface area contributed by atoms with Crippen LogP contribution in [-0.2, 0) is 11.2 Å². The largest absolute Gasteiger partial charge is 0.481 e. The van der Waals surface area contributed by atoms with Gasteiger partial charge in [0.25, 0.3) is 5.91 Å². The molecule has 0 fully saturated rings. The average molecular weight is 387 g/mol. The number of nitrogens with one attached hydrogen (secondary N) is 2. The van der Waals surface area contributed by atoms with Crippen LogP contribution in [0.5, 0.6) is 0 Å². The van der Waals surface area contributed by atoms with E-state index in [1.165, 1.54) is 0 Å². The lowest BCUT2D eigenvalue weighted by Crippen LogP contribution is -2.14. The summed E-state index contributed by atoms with van der Waals surface area (Å²) in [4.78, 5) is 31.6. The highest BCUT2D eigenvalue weighted by Crippen LogP contribution is 2.23. The van der Waals surface area contributed by atoms with Crippen molar-refractivity contribution in [3.8, 4) is 0 Å². The van der Waals surface area contributed by atoms with Crippen LogP contribution in [0.3, 0.4) is 0 Å². The molecule has 29 heavy (non-hydrogen) atoms. The van der Waals surface area contributed by atoms with Crippen LogP contribution in [0.1, 0.15) is 28.5 Å². The molecule has 146 valence electrons. The zero-order valence-corrected chi connectivity index (χ0v) is 16.0. The van der Waals surface area contributed by atoms with Crippen molar-refractivity contribution in [2.45, 2.75) is 13.3 Å². The summed E-state index contributed by atoms with van der Waals surface area (Å²) in [5.41, 5.74) is 4.94. The van der Waals surface area contributed by atoms with Crippen LogP contribution in [0.4, 0.5) is 5.69 Å². The predicted molar refractivity (Wildman–Crippen MR) is 115 cm³/mol. The number of carboxylic acid groups (broad SMARTS) is 1. The van der Waals surface area contributed by atoms with Crippen molar-refractivity contribution in [3.05, 3.63) is 90.3 Å². The van der Waals surface area contributed by atoms with Crippen molar-refractivity contribution in [1.29, 1.82) is 0 Å². The Morgan fingerprint density at radius 3 is 2.69 bits per heavy atom. The summed E-state index contributed by atoms with van der Waals surface area (Å²) in [6, 6.07) is 10.5. The molecule has 6 nitrogen and oxygen atoms in total. The number of nitrogens with zero attached hydrogens (tertiary/aromatic N) is 1. The first kappa shape index (κ1) is 19.8. The van der Waals surface area contributed by atoms with E-state index in [4.69, 9.17) is 5.11 Å². The standard InChI is InChI=1S/C23H21N3O3/c1-4-15(11-14(2)3)19-9-10-20-22(25-19)17(13-24-20)23(29)26-18-8-6-5-7-16(18)12-21(27)28/h4-11,13,24H,1-2,12H2,3H3,(H,26,29)(H,27,28)/b15-11+. The number of carbonyl (C=O) groups excluding carboxylic acids is 1. The van der Waals surface area contributed by atoms with Gasteiger partial charge in [-0.3, -0.25) is 9.59 Å². The minimum absolute atomic E-state index is 0.179. The maximum atomic E-state index is 12.9. The summed E-state index contributed by atoms with van der Waals surface area (Å²) < 4.78 is 0. The molecule has 0 unspecified atom stereocenters. The Hall–Kier alpha value is -3.93. The third-order valence-corrected chi connectivity index (χ3v) is 4.29. The van der Waals surface area contributed by atoms with E-state index in [9.17, 15) is 9.59 Å². The molecule has 0 saturated heterocycles. The second kappa shape index (κ2) is 8.39. The number of rotatable bonds is 7. The van der Waals surface area contributed by atoms with E-state index in [0.717, 1.165) is 16.7 Å². The van der Waals surface area contributed by atoms with Gasteiger partial charge in [-0.1, -0.05) is 49.1 Å². The molecule has 0 aliphatic rings. The lowest BCUT2D eigenvalue weighted by atomic mass is 10.1. The van der Waals surface area contributed by atoms with Gasteiger partial charge in [-0.15, -0.1) is 0 Å². The van der Waals surface area contributed by atoms with Crippen molar-refractivity contribution in [1.82, 2.24) is 9.97 Å². The number of para-hydroxylation sites is 1. The zero-order chi connectivity index (χ0) is 21.0. The lowest BCUT2D eigenvalue weighted by Gasteiger charge is -2.09. The van der Waals surface area contributed by atoms with Gasteiger partial charge in [0.05, 0.1) is 23.2 Å². The number of carbonyl (C=O) groups is 2. The fraction of sp³-hybridized carbons (Fsp3) is 0.0870. The molecule has 0 saturated carbocycles. The van der Waals surface area contributed by atoms with Crippen LogP contribution >= 0.6 is 0 Å². The molecule has 0 radical (unpaired) electrons. The molecular weight excluding hydrogens is 366 g/mol. The number of carboxylic acids is 1. The van der Waals surface area contributed by atoms with Crippen LogP contribution in [0, 0.1) is 0 Å². The van der Waals surface area contributed by atoms with Crippen molar-refractivity contribution < 1.29 is 14.7 Å². The molecule has 0 spiro atoms. The summed E-state index contributed by atoms with van der Waals surface area (Å²) in [7, 11) is 0. The second-order valence-corrected chi connectivity index (χ2v) is 6.63. The summed E-state index contributed by atoms with van der Waals surface area (Å²) in [6.07, 6.45) is 4.97. The topological polar surface area (TPSA) is 95.1 Å². The Balaban J connectivity index is 1.97. The van der Waals surface area contributed by atoms with Gasteiger partial charge < -0.3 is 15.4 Å². The highest BCUT2D eigenvalue weighted by Gasteiger charge is 2.16. The molecule has 3 aromatic rings. The maximum Gasteiger partial charge on any atom is 0.307 e. The number of hydrogen-bond acceptors (Lipinski definition) is 3. The van der Waals surface area contributed by atoms with E-state index >= 15 is 0 Å². The van der Waals surface area contributed by atoms with Gasteiger partial charge in [-0.2, -0.15) is 0 Å². The monoisotopic (exact) mass is 387 g/mol. The molecule has 3 N–H and O–H groups in total. The second-order valence-electron chi connectivity index (χ2n) is 6.63. The molecule has 2 heterocycles. The molecule has 3 rings (SSSR count). The van der Waals surface area contributed by atoms with Gasteiger partial charge in [0, 0.05) is 11.9 Å². The van der Waals surface area contributed by atoms with E-state index < -0.39 is 5.97 Å². The van der Waals surface area contributed by atoms with Crippen molar-refractivity contribution in [2.75, 3.05) is 5.32 Å². The van der Waals surface area contributed by atoms with Crippen molar-refractivity contribution >= 4 is 34.2 Å². The number of hydrogen-bond donors (Lipinski definition) is 3. The number of H-pyrrole nitrogens is 1. The highest BCUT2D eigenvalue weighted by atomic mass is 16.4. The minimum Gasteiger partial charge on any atom is -0.481 e. The summed E-state index contributed by atoms with van der Waals surface area (Å²) in [5, 5.41) is 11.9. The summed E-state index contributed by atoms with van der Waals surface area (Å²) >= 11 is 0. The number of benzene rings is 1. The molecule has 1 amide bonds. The average Bonchev–Trinajstić information content (AvgIpc) is 3.10. The smallest absolute Gasteiger partial charge is 0.307 e. The molecule has 0 aliphatic heterocycles. The lowest BCUT2D eigenvalue weighted by molar-refractivity contribution is -0.136. The molecular formula is C23H21N3O3. The Labute approximate surface area is 168 Å². The fourth-order valence-electron chi connectivity index (χ4n) is 2.98. The first-order valence-corrected chi connectivity index (χ1v) is 8.98. The van der Waals surface area contributed by atoms with E-state index in [0.29, 0.717) is 28.0 Å². The van der Waals surface area contributed by atoms with E-state index in [2.05, 4.69) is 28.4 Å². The minimum atomic E-state index is -0.966. The molecule has 0 aliphatic carbocycles. The number of amides is 1. The first-order chi connectivity index (χ1) is 13.9. The Morgan fingerprint density at radius 2 is 2.00 bits per heavy atom. The molecule has 0 bridgehead atoms.